The van der Waals surface area contributed by atoms with Crippen LogP contribution in [0.2, 0.25) is 0 Å². The van der Waals surface area contributed by atoms with Crippen LogP contribution in [0.15, 0.2) is 67.3 Å². The van der Waals surface area contributed by atoms with Crippen LogP contribution in [0.25, 0.3) is 5.69 Å². The third-order valence-corrected chi connectivity index (χ3v) is 6.67. The van der Waals surface area contributed by atoms with Crippen molar-refractivity contribution in [1.29, 1.82) is 0 Å². The van der Waals surface area contributed by atoms with Crippen molar-refractivity contribution in [1.82, 2.24) is 19.6 Å². The van der Waals surface area contributed by atoms with E-state index in [0.717, 1.165) is 61.6 Å². The maximum atomic E-state index is 13.1. The zero-order chi connectivity index (χ0) is 24.2. The number of ether oxygens (including phenoxy) is 2. The summed E-state index contributed by atoms with van der Waals surface area (Å²) in [5, 5.41) is 5.05. The van der Waals surface area contributed by atoms with Crippen LogP contribution in [0.5, 0.6) is 5.75 Å². The lowest BCUT2D eigenvalue weighted by molar-refractivity contribution is 0.0902. The van der Waals surface area contributed by atoms with Crippen molar-refractivity contribution in [3.63, 3.8) is 0 Å². The molecule has 2 heterocycles. The minimum atomic E-state index is -0.282. The first-order chi connectivity index (χ1) is 17.2. The summed E-state index contributed by atoms with van der Waals surface area (Å²) in [5.74, 6) is 0.777. The van der Waals surface area contributed by atoms with E-state index in [2.05, 4.69) is 11.5 Å². The van der Waals surface area contributed by atoms with Gasteiger partial charge in [-0.15, -0.1) is 6.58 Å². The first kappa shape index (κ1) is 23.2. The van der Waals surface area contributed by atoms with Gasteiger partial charge in [0.1, 0.15) is 18.0 Å². The van der Waals surface area contributed by atoms with Gasteiger partial charge in [0.15, 0.2) is 0 Å². The van der Waals surface area contributed by atoms with Crippen molar-refractivity contribution in [2.45, 2.75) is 45.0 Å². The Morgan fingerprint density at radius 3 is 2.69 bits per heavy atom. The molecule has 1 saturated carbocycles. The van der Waals surface area contributed by atoms with Gasteiger partial charge < -0.3 is 9.47 Å². The molecule has 0 atom stereocenters. The molecule has 1 aliphatic heterocycles. The molecule has 0 spiro atoms. The number of aromatic nitrogens is 2. The van der Waals surface area contributed by atoms with Crippen molar-refractivity contribution in [3.8, 4) is 11.4 Å². The van der Waals surface area contributed by atoms with Crippen LogP contribution in [0.3, 0.4) is 0 Å². The fourth-order valence-electron chi connectivity index (χ4n) is 4.70. The molecule has 7 nitrogen and oxygen atoms in total. The fraction of sp³-hybridized carbons (Fsp3) is 0.357. The van der Waals surface area contributed by atoms with E-state index in [-0.39, 0.29) is 18.7 Å². The molecule has 1 aromatic heterocycles. The molecular weight excluding hydrogens is 440 g/mol. The second-order valence-corrected chi connectivity index (χ2v) is 9.13. The Balaban J connectivity index is 1.44. The second-order valence-electron chi connectivity index (χ2n) is 9.13. The van der Waals surface area contributed by atoms with Crippen LogP contribution in [0, 0.1) is 0 Å². The lowest BCUT2D eigenvalue weighted by atomic mass is 10.0. The third kappa shape index (κ3) is 5.10. The topological polar surface area (TPSA) is 59.8 Å². The Morgan fingerprint density at radius 2 is 1.94 bits per heavy atom. The van der Waals surface area contributed by atoms with Crippen LogP contribution in [0.4, 0.5) is 4.79 Å². The Kier molecular flexibility index (Phi) is 6.86. The van der Waals surface area contributed by atoms with E-state index in [4.69, 9.17) is 14.6 Å². The van der Waals surface area contributed by atoms with Crippen LogP contribution in [0.1, 0.15) is 35.4 Å². The maximum absolute atomic E-state index is 13.1. The maximum Gasteiger partial charge on any atom is 0.410 e. The average molecular weight is 473 g/mol. The summed E-state index contributed by atoms with van der Waals surface area (Å²) < 4.78 is 13.3. The highest BCUT2D eigenvalue weighted by Crippen LogP contribution is 2.33. The number of methoxy groups -OCH3 is 1. The first-order valence-corrected chi connectivity index (χ1v) is 12.2. The molecule has 0 N–H and O–H groups in total. The normalized spacial score (nSPS) is 15.3. The Bertz CT molecular complexity index is 1190. The highest BCUT2D eigenvalue weighted by Gasteiger charge is 2.36. The van der Waals surface area contributed by atoms with E-state index in [0.29, 0.717) is 6.54 Å². The molecule has 1 amide bonds. The number of hydrogen-bond acceptors (Lipinski definition) is 5. The smallest absolute Gasteiger partial charge is 0.410 e. The molecule has 2 aromatic carbocycles. The van der Waals surface area contributed by atoms with E-state index in [1.54, 1.807) is 7.11 Å². The predicted molar refractivity (Wildman–Crippen MR) is 134 cm³/mol. The van der Waals surface area contributed by atoms with Gasteiger partial charge in [0, 0.05) is 37.7 Å². The lowest BCUT2D eigenvalue weighted by Crippen LogP contribution is -2.35. The third-order valence-electron chi connectivity index (χ3n) is 6.67. The van der Waals surface area contributed by atoms with E-state index in [1.807, 2.05) is 70.3 Å². The van der Waals surface area contributed by atoms with Gasteiger partial charge >= 0.3 is 6.09 Å². The number of carbonyl (C=O) groups excluding carboxylic acids is 1. The standard InChI is InChI=1S/C28H32N4O3/c1-3-16-30-17-15-25-23(18-30)24(29-32(25)26-11-7-8-12-27(26)34-2)19-31(22-13-14-22)28(33)35-20-21-9-5-4-6-10-21/h3-12,22H,1,13-20H2,2H3. The molecule has 182 valence electrons. The van der Waals surface area contributed by atoms with Crippen LogP contribution < -0.4 is 4.74 Å². The summed E-state index contributed by atoms with van der Waals surface area (Å²) in [5.41, 5.74) is 5.18. The molecule has 35 heavy (non-hydrogen) atoms. The molecule has 0 unspecified atom stereocenters. The largest absolute Gasteiger partial charge is 0.494 e. The number of carbonyl (C=O) groups is 1. The summed E-state index contributed by atoms with van der Waals surface area (Å²) in [6.45, 7) is 7.15. The highest BCUT2D eigenvalue weighted by molar-refractivity contribution is 5.68. The van der Waals surface area contributed by atoms with Gasteiger partial charge in [-0.25, -0.2) is 9.48 Å². The van der Waals surface area contributed by atoms with E-state index < -0.39 is 0 Å². The Labute approximate surface area is 206 Å². The monoisotopic (exact) mass is 472 g/mol. The molecule has 0 saturated heterocycles. The van der Waals surface area contributed by atoms with Crippen molar-refractivity contribution >= 4 is 6.09 Å². The number of hydrogen-bond donors (Lipinski definition) is 0. The van der Waals surface area contributed by atoms with Crippen molar-refractivity contribution in [2.24, 2.45) is 0 Å². The average Bonchev–Trinajstić information content (AvgIpc) is 3.68. The number of rotatable bonds is 9. The first-order valence-electron chi connectivity index (χ1n) is 12.2. The molecular formula is C28H32N4O3. The van der Waals surface area contributed by atoms with Gasteiger partial charge in [-0.3, -0.25) is 9.80 Å². The summed E-state index contributed by atoms with van der Waals surface area (Å²) >= 11 is 0. The number of nitrogens with zero attached hydrogens (tertiary/aromatic N) is 4. The number of amides is 1. The zero-order valence-corrected chi connectivity index (χ0v) is 20.2. The van der Waals surface area contributed by atoms with E-state index >= 15 is 0 Å². The van der Waals surface area contributed by atoms with Crippen molar-refractivity contribution < 1.29 is 14.3 Å². The van der Waals surface area contributed by atoms with Crippen LogP contribution in [-0.2, 0) is 30.9 Å². The second kappa shape index (κ2) is 10.4. The molecule has 2 aliphatic rings. The summed E-state index contributed by atoms with van der Waals surface area (Å²) in [7, 11) is 1.68. The molecule has 7 heteroatoms. The minimum Gasteiger partial charge on any atom is -0.494 e. The SMILES string of the molecule is C=CCN1CCc2c(c(CN(C(=O)OCc3ccccc3)C3CC3)nn2-c2ccccc2OC)C1. The molecule has 1 aliphatic carbocycles. The van der Waals surface area contributed by atoms with E-state index in [9.17, 15) is 4.79 Å². The number of para-hydroxylation sites is 2. The molecule has 5 rings (SSSR count). The van der Waals surface area contributed by atoms with Crippen LogP contribution in [-0.4, -0.2) is 51.9 Å². The van der Waals surface area contributed by atoms with Crippen molar-refractivity contribution in [2.75, 3.05) is 20.2 Å². The summed E-state index contributed by atoms with van der Waals surface area (Å²) in [4.78, 5) is 17.4. The van der Waals surface area contributed by atoms with Crippen LogP contribution >= 0.6 is 0 Å². The van der Waals surface area contributed by atoms with Crippen molar-refractivity contribution in [3.05, 3.63) is 89.8 Å². The van der Waals surface area contributed by atoms with Gasteiger partial charge in [-0.1, -0.05) is 48.5 Å². The minimum absolute atomic E-state index is 0.207. The number of fused-ring (bicyclic) bond motifs is 1. The Hall–Kier alpha value is -3.58. The Morgan fingerprint density at radius 1 is 1.17 bits per heavy atom. The van der Waals surface area contributed by atoms with Gasteiger partial charge in [0.2, 0.25) is 0 Å². The molecule has 3 aromatic rings. The van der Waals surface area contributed by atoms with E-state index in [1.165, 1.54) is 11.3 Å². The molecule has 0 radical (unpaired) electrons. The summed E-state index contributed by atoms with van der Waals surface area (Å²) in [6, 6.07) is 17.9. The lowest BCUT2D eigenvalue weighted by Gasteiger charge is -2.27. The molecule has 1 fully saturated rings. The zero-order valence-electron chi connectivity index (χ0n) is 20.2. The quantitative estimate of drug-likeness (QED) is 0.422. The van der Waals surface area contributed by atoms with Gasteiger partial charge in [-0.2, -0.15) is 5.10 Å². The number of benzene rings is 2. The van der Waals surface area contributed by atoms with Gasteiger partial charge in [0.25, 0.3) is 0 Å². The highest BCUT2D eigenvalue weighted by atomic mass is 16.6. The van der Waals surface area contributed by atoms with Gasteiger partial charge in [-0.05, 0) is 30.5 Å². The predicted octanol–water partition coefficient (Wildman–Crippen LogP) is 4.73. The van der Waals surface area contributed by atoms with Gasteiger partial charge in [0.05, 0.1) is 25.0 Å². The fourth-order valence-corrected chi connectivity index (χ4v) is 4.70. The molecule has 0 bridgehead atoms. The summed E-state index contributed by atoms with van der Waals surface area (Å²) in [6.07, 6.45) is 4.52.